The van der Waals surface area contributed by atoms with Crippen LogP contribution in [-0.2, 0) is 16.4 Å². The SMILES string of the molecule is CNS(=O)(=O)c1ccc(NCCc2cnn(-c3ccccc3)c2)c([N+](=O)[O-])c1. The fourth-order valence-corrected chi connectivity index (χ4v) is 3.40. The Kier molecular flexibility index (Phi) is 5.71. The van der Waals surface area contributed by atoms with Gasteiger partial charge in [-0.05, 0) is 43.3 Å². The minimum Gasteiger partial charge on any atom is -0.379 e. The third-order valence-electron chi connectivity index (χ3n) is 4.13. The molecule has 0 spiro atoms. The van der Waals surface area contributed by atoms with E-state index in [1.165, 1.54) is 19.2 Å². The highest BCUT2D eigenvalue weighted by Crippen LogP contribution is 2.27. The molecule has 3 rings (SSSR count). The Morgan fingerprint density at radius 2 is 1.93 bits per heavy atom. The van der Waals surface area contributed by atoms with Gasteiger partial charge >= 0.3 is 0 Å². The first-order valence-corrected chi connectivity index (χ1v) is 9.94. The van der Waals surface area contributed by atoms with Crippen molar-refractivity contribution in [2.75, 3.05) is 18.9 Å². The number of rotatable bonds is 8. The van der Waals surface area contributed by atoms with Gasteiger partial charge in [-0.3, -0.25) is 10.1 Å². The Labute approximate surface area is 162 Å². The average Bonchev–Trinajstić information content (AvgIpc) is 3.17. The van der Waals surface area contributed by atoms with Crippen molar-refractivity contribution < 1.29 is 13.3 Å². The van der Waals surface area contributed by atoms with Gasteiger partial charge < -0.3 is 5.32 Å². The lowest BCUT2D eigenvalue weighted by molar-refractivity contribution is -0.384. The molecule has 0 atom stereocenters. The predicted molar refractivity (Wildman–Crippen MR) is 105 cm³/mol. The van der Waals surface area contributed by atoms with Crippen molar-refractivity contribution in [3.63, 3.8) is 0 Å². The number of sulfonamides is 1. The van der Waals surface area contributed by atoms with Gasteiger partial charge in [0.2, 0.25) is 10.0 Å². The Bertz CT molecular complexity index is 1080. The van der Waals surface area contributed by atoms with E-state index < -0.39 is 14.9 Å². The zero-order valence-electron chi connectivity index (χ0n) is 15.1. The largest absolute Gasteiger partial charge is 0.379 e. The maximum Gasteiger partial charge on any atom is 0.293 e. The van der Waals surface area contributed by atoms with E-state index in [4.69, 9.17) is 0 Å². The van der Waals surface area contributed by atoms with Crippen LogP contribution in [0, 0.1) is 10.1 Å². The van der Waals surface area contributed by atoms with Gasteiger partial charge in [0.25, 0.3) is 5.69 Å². The fourth-order valence-electron chi connectivity index (χ4n) is 2.65. The summed E-state index contributed by atoms with van der Waals surface area (Å²) in [6.07, 6.45) is 4.24. The smallest absolute Gasteiger partial charge is 0.293 e. The molecule has 9 nitrogen and oxygen atoms in total. The number of anilines is 1. The zero-order valence-corrected chi connectivity index (χ0v) is 15.9. The molecule has 0 aliphatic heterocycles. The van der Waals surface area contributed by atoms with E-state index in [1.54, 1.807) is 10.9 Å². The lowest BCUT2D eigenvalue weighted by atomic mass is 10.2. The molecule has 0 amide bonds. The van der Waals surface area contributed by atoms with Crippen LogP contribution >= 0.6 is 0 Å². The monoisotopic (exact) mass is 401 g/mol. The molecule has 2 N–H and O–H groups in total. The van der Waals surface area contributed by atoms with Crippen molar-refractivity contribution in [3.05, 3.63) is 76.6 Å². The number of hydrogen-bond donors (Lipinski definition) is 2. The second-order valence-electron chi connectivity index (χ2n) is 5.95. The summed E-state index contributed by atoms with van der Waals surface area (Å²) < 4.78 is 27.6. The van der Waals surface area contributed by atoms with Crippen molar-refractivity contribution in [1.29, 1.82) is 0 Å². The van der Waals surface area contributed by atoms with Gasteiger partial charge in [-0.1, -0.05) is 18.2 Å². The van der Waals surface area contributed by atoms with Crippen molar-refractivity contribution in [1.82, 2.24) is 14.5 Å². The number of nitro groups is 1. The fraction of sp³-hybridized carbons (Fsp3) is 0.167. The summed E-state index contributed by atoms with van der Waals surface area (Å²) >= 11 is 0. The van der Waals surface area contributed by atoms with Crippen LogP contribution in [0.3, 0.4) is 0 Å². The van der Waals surface area contributed by atoms with Gasteiger partial charge in [-0.25, -0.2) is 17.8 Å². The van der Waals surface area contributed by atoms with Crippen LogP contribution in [0.25, 0.3) is 5.69 Å². The maximum absolute atomic E-state index is 11.8. The molecule has 146 valence electrons. The standard InChI is InChI=1S/C18H19N5O4S/c1-19-28(26,27)16-7-8-17(18(11-16)23(24)25)20-10-9-14-12-21-22(13-14)15-5-3-2-4-6-15/h2-8,11-13,19-20H,9-10H2,1H3. The molecular formula is C18H19N5O4S. The number of hydrogen-bond acceptors (Lipinski definition) is 6. The molecule has 0 saturated heterocycles. The molecular weight excluding hydrogens is 382 g/mol. The van der Waals surface area contributed by atoms with Gasteiger partial charge in [-0.2, -0.15) is 5.10 Å². The van der Waals surface area contributed by atoms with Crippen LogP contribution < -0.4 is 10.0 Å². The van der Waals surface area contributed by atoms with Gasteiger partial charge in [0.1, 0.15) is 5.69 Å². The minimum absolute atomic E-state index is 0.156. The summed E-state index contributed by atoms with van der Waals surface area (Å²) in [7, 11) is -2.50. The van der Waals surface area contributed by atoms with E-state index in [0.29, 0.717) is 13.0 Å². The third kappa shape index (κ3) is 4.35. The Morgan fingerprint density at radius 1 is 1.18 bits per heavy atom. The lowest BCUT2D eigenvalue weighted by Crippen LogP contribution is -2.19. The molecule has 3 aromatic rings. The summed E-state index contributed by atoms with van der Waals surface area (Å²) in [6.45, 7) is 0.430. The summed E-state index contributed by atoms with van der Waals surface area (Å²) in [5.41, 5.74) is 1.87. The molecule has 1 aromatic heterocycles. The Morgan fingerprint density at radius 3 is 2.61 bits per heavy atom. The van der Waals surface area contributed by atoms with E-state index >= 15 is 0 Å². The first-order valence-electron chi connectivity index (χ1n) is 8.45. The summed E-state index contributed by atoms with van der Waals surface area (Å²) in [5.74, 6) is 0. The molecule has 2 aromatic carbocycles. The molecule has 0 unspecified atom stereocenters. The van der Waals surface area contributed by atoms with Gasteiger partial charge in [-0.15, -0.1) is 0 Å². The number of para-hydroxylation sites is 1. The first kappa shape index (κ1) is 19.5. The van der Waals surface area contributed by atoms with Crippen LogP contribution in [-0.4, -0.2) is 36.7 Å². The van der Waals surface area contributed by atoms with Gasteiger partial charge in [0.05, 0.1) is 21.7 Å². The second-order valence-corrected chi connectivity index (χ2v) is 7.84. The Balaban J connectivity index is 1.69. The lowest BCUT2D eigenvalue weighted by Gasteiger charge is -2.08. The summed E-state index contributed by atoms with van der Waals surface area (Å²) in [4.78, 5) is 10.6. The van der Waals surface area contributed by atoms with E-state index in [-0.39, 0.29) is 16.3 Å². The molecule has 0 fully saturated rings. The minimum atomic E-state index is -3.75. The van der Waals surface area contributed by atoms with Crippen molar-refractivity contribution in [2.45, 2.75) is 11.3 Å². The number of nitrogens with zero attached hydrogens (tertiary/aromatic N) is 3. The number of nitro benzene ring substituents is 1. The molecule has 0 aliphatic rings. The van der Waals surface area contributed by atoms with Crippen molar-refractivity contribution >= 4 is 21.4 Å². The Hall–Kier alpha value is -3.24. The van der Waals surface area contributed by atoms with E-state index in [2.05, 4.69) is 15.1 Å². The first-order chi connectivity index (χ1) is 13.4. The summed E-state index contributed by atoms with van der Waals surface area (Å²) in [5, 5.41) is 18.6. The third-order valence-corrected chi connectivity index (χ3v) is 5.54. The molecule has 0 aliphatic carbocycles. The second kappa shape index (κ2) is 8.19. The van der Waals surface area contributed by atoms with Crippen LogP contribution in [0.4, 0.5) is 11.4 Å². The average molecular weight is 401 g/mol. The molecule has 0 radical (unpaired) electrons. The zero-order chi connectivity index (χ0) is 20.1. The molecule has 1 heterocycles. The maximum atomic E-state index is 11.8. The van der Waals surface area contributed by atoms with E-state index in [1.807, 2.05) is 36.5 Å². The van der Waals surface area contributed by atoms with Crippen LogP contribution in [0.1, 0.15) is 5.56 Å². The molecule has 0 bridgehead atoms. The highest BCUT2D eigenvalue weighted by atomic mass is 32.2. The predicted octanol–water partition coefficient (Wildman–Crippen LogP) is 2.34. The highest BCUT2D eigenvalue weighted by molar-refractivity contribution is 7.89. The van der Waals surface area contributed by atoms with Crippen LogP contribution in [0.2, 0.25) is 0 Å². The van der Waals surface area contributed by atoms with Crippen LogP contribution in [0.15, 0.2) is 65.8 Å². The number of nitrogens with one attached hydrogen (secondary N) is 2. The topological polar surface area (TPSA) is 119 Å². The molecule has 0 saturated carbocycles. The number of aromatic nitrogens is 2. The van der Waals surface area contributed by atoms with Gasteiger partial charge in [0.15, 0.2) is 0 Å². The quantitative estimate of drug-likeness (QED) is 0.442. The number of benzene rings is 2. The summed E-state index contributed by atoms with van der Waals surface area (Å²) in [6, 6.07) is 13.4. The van der Waals surface area contributed by atoms with Crippen LogP contribution in [0.5, 0.6) is 0 Å². The van der Waals surface area contributed by atoms with Gasteiger partial charge in [0, 0.05) is 18.8 Å². The normalized spacial score (nSPS) is 11.3. The van der Waals surface area contributed by atoms with E-state index in [9.17, 15) is 18.5 Å². The molecule has 10 heteroatoms. The van der Waals surface area contributed by atoms with E-state index in [0.717, 1.165) is 17.3 Å². The van der Waals surface area contributed by atoms with Crippen molar-refractivity contribution in [2.24, 2.45) is 0 Å². The van der Waals surface area contributed by atoms with Crippen molar-refractivity contribution in [3.8, 4) is 5.69 Å². The highest BCUT2D eigenvalue weighted by Gasteiger charge is 2.20. The molecule has 28 heavy (non-hydrogen) atoms.